The van der Waals surface area contributed by atoms with Crippen molar-refractivity contribution in [2.75, 3.05) is 25.5 Å². The Bertz CT molecular complexity index is 1480. The van der Waals surface area contributed by atoms with Crippen LogP contribution in [0.1, 0.15) is 38.8 Å². The number of aromatic amines is 1. The summed E-state index contributed by atoms with van der Waals surface area (Å²) in [5, 5.41) is 8.96. The lowest BCUT2D eigenvalue weighted by Gasteiger charge is -2.20. The Morgan fingerprint density at radius 2 is 1.88 bits per heavy atom. The smallest absolute Gasteiger partial charge is 0.258 e. The van der Waals surface area contributed by atoms with E-state index in [4.69, 9.17) is 4.52 Å². The number of carbonyl (C=O) groups is 1. The lowest BCUT2D eigenvalue weighted by Crippen LogP contribution is -2.29. The molecule has 0 saturated carbocycles. The zero-order valence-electron chi connectivity index (χ0n) is 19.7. The van der Waals surface area contributed by atoms with Gasteiger partial charge < -0.3 is 19.7 Å². The monoisotopic (exact) mass is 453 g/mol. The van der Waals surface area contributed by atoms with Crippen LogP contribution in [0.2, 0.25) is 0 Å². The summed E-state index contributed by atoms with van der Waals surface area (Å²) in [5.41, 5.74) is 6.75. The van der Waals surface area contributed by atoms with Gasteiger partial charge in [0.05, 0.1) is 16.6 Å². The molecular weight excluding hydrogens is 426 g/mol. The number of rotatable bonds is 6. The molecular formula is C27H27N5O2. The van der Waals surface area contributed by atoms with Crippen LogP contribution in [-0.2, 0) is 0 Å². The number of para-hydroxylation sites is 1. The molecule has 2 aromatic carbocycles. The van der Waals surface area contributed by atoms with Crippen LogP contribution in [0.3, 0.4) is 0 Å². The van der Waals surface area contributed by atoms with E-state index in [2.05, 4.69) is 61.7 Å². The fourth-order valence-corrected chi connectivity index (χ4v) is 4.48. The first-order chi connectivity index (χ1) is 16.4. The Morgan fingerprint density at radius 3 is 2.65 bits per heavy atom. The molecule has 0 aliphatic heterocycles. The number of H-pyrrole nitrogens is 1. The van der Waals surface area contributed by atoms with E-state index in [0.717, 1.165) is 27.7 Å². The molecule has 0 bridgehead atoms. The SMILES string of the molecule is Cc1cc(C(=O)NCC(c2ccc(N(C)C)cc2)c2c[nH]c3ccccc23)c2c(C)noc2n1. The lowest BCUT2D eigenvalue weighted by atomic mass is 9.90. The van der Waals surface area contributed by atoms with E-state index in [-0.39, 0.29) is 11.8 Å². The second-order valence-corrected chi connectivity index (χ2v) is 8.80. The third-order valence-corrected chi connectivity index (χ3v) is 6.27. The van der Waals surface area contributed by atoms with Crippen molar-refractivity contribution >= 4 is 33.6 Å². The quantitative estimate of drug-likeness (QED) is 0.380. The predicted molar refractivity (Wildman–Crippen MR) is 135 cm³/mol. The topological polar surface area (TPSA) is 87.0 Å². The Hall–Kier alpha value is -4.13. The minimum Gasteiger partial charge on any atom is -0.378 e. The van der Waals surface area contributed by atoms with Gasteiger partial charge in [-0.05, 0) is 49.2 Å². The van der Waals surface area contributed by atoms with E-state index < -0.39 is 0 Å². The molecule has 1 atom stereocenters. The number of fused-ring (bicyclic) bond motifs is 2. The van der Waals surface area contributed by atoms with Crippen molar-refractivity contribution in [1.82, 2.24) is 20.4 Å². The molecule has 5 aromatic rings. The zero-order valence-corrected chi connectivity index (χ0v) is 19.7. The van der Waals surface area contributed by atoms with Gasteiger partial charge in [-0.25, -0.2) is 4.98 Å². The number of nitrogens with one attached hydrogen (secondary N) is 2. The van der Waals surface area contributed by atoms with Crippen LogP contribution in [0.4, 0.5) is 5.69 Å². The van der Waals surface area contributed by atoms with Crippen molar-refractivity contribution in [3.8, 4) is 0 Å². The van der Waals surface area contributed by atoms with Crippen LogP contribution in [0.25, 0.3) is 22.0 Å². The highest BCUT2D eigenvalue weighted by atomic mass is 16.5. The van der Waals surface area contributed by atoms with Crippen molar-refractivity contribution in [3.63, 3.8) is 0 Å². The van der Waals surface area contributed by atoms with Gasteiger partial charge in [0.1, 0.15) is 0 Å². The van der Waals surface area contributed by atoms with E-state index in [0.29, 0.717) is 34.6 Å². The first kappa shape index (κ1) is 21.7. The Morgan fingerprint density at radius 1 is 1.12 bits per heavy atom. The number of aromatic nitrogens is 3. The van der Waals surface area contributed by atoms with Gasteiger partial charge in [-0.15, -0.1) is 0 Å². The summed E-state index contributed by atoms with van der Waals surface area (Å²) in [6, 6.07) is 18.5. The molecule has 0 saturated heterocycles. The average molecular weight is 454 g/mol. The summed E-state index contributed by atoms with van der Waals surface area (Å²) in [6.45, 7) is 4.10. The first-order valence-corrected chi connectivity index (χ1v) is 11.3. The molecule has 7 heteroatoms. The third kappa shape index (κ3) is 3.90. The number of aryl methyl sites for hydroxylation is 2. The molecule has 0 radical (unpaired) electrons. The van der Waals surface area contributed by atoms with E-state index in [1.165, 1.54) is 0 Å². The minimum absolute atomic E-state index is 0.0293. The van der Waals surface area contributed by atoms with Crippen molar-refractivity contribution < 1.29 is 9.32 Å². The van der Waals surface area contributed by atoms with Gasteiger partial charge in [-0.1, -0.05) is 35.5 Å². The normalized spacial score (nSPS) is 12.2. The van der Waals surface area contributed by atoms with Gasteiger partial charge >= 0.3 is 0 Å². The number of amides is 1. The number of carbonyl (C=O) groups excluding carboxylic acids is 1. The molecule has 0 aliphatic rings. The molecule has 3 aromatic heterocycles. The van der Waals surface area contributed by atoms with Crippen LogP contribution in [0, 0.1) is 13.8 Å². The van der Waals surface area contributed by atoms with Crippen LogP contribution >= 0.6 is 0 Å². The van der Waals surface area contributed by atoms with Crippen LogP contribution in [0.15, 0.2) is 65.3 Å². The van der Waals surface area contributed by atoms with Gasteiger partial charge in [0.2, 0.25) is 0 Å². The summed E-state index contributed by atoms with van der Waals surface area (Å²) in [6.07, 6.45) is 2.04. The molecule has 1 unspecified atom stereocenters. The number of benzene rings is 2. The summed E-state index contributed by atoms with van der Waals surface area (Å²) in [7, 11) is 4.05. The van der Waals surface area contributed by atoms with Crippen LogP contribution in [-0.4, -0.2) is 41.7 Å². The summed E-state index contributed by atoms with van der Waals surface area (Å²) < 4.78 is 5.30. The van der Waals surface area contributed by atoms with Crippen molar-refractivity contribution in [2.24, 2.45) is 0 Å². The van der Waals surface area contributed by atoms with Gasteiger partial charge in [0, 0.05) is 55.0 Å². The number of hydrogen-bond donors (Lipinski definition) is 2. The number of nitrogens with zero attached hydrogens (tertiary/aromatic N) is 3. The number of anilines is 1. The van der Waals surface area contributed by atoms with Crippen LogP contribution in [0.5, 0.6) is 0 Å². The predicted octanol–water partition coefficient (Wildman–Crippen LogP) is 4.95. The van der Waals surface area contributed by atoms with Gasteiger partial charge in [-0.2, -0.15) is 0 Å². The van der Waals surface area contributed by atoms with Crippen molar-refractivity contribution in [3.05, 3.63) is 88.9 Å². The molecule has 0 spiro atoms. The Kier molecular flexibility index (Phi) is 5.53. The third-order valence-electron chi connectivity index (χ3n) is 6.27. The summed E-state index contributed by atoms with van der Waals surface area (Å²) in [5.74, 6) is -0.199. The average Bonchev–Trinajstić information content (AvgIpc) is 3.42. The molecule has 34 heavy (non-hydrogen) atoms. The van der Waals surface area contributed by atoms with Crippen LogP contribution < -0.4 is 10.2 Å². The van der Waals surface area contributed by atoms with E-state index in [9.17, 15) is 4.79 Å². The van der Waals surface area contributed by atoms with E-state index in [1.807, 2.05) is 46.3 Å². The molecule has 7 nitrogen and oxygen atoms in total. The minimum atomic E-state index is -0.170. The maximum Gasteiger partial charge on any atom is 0.258 e. The highest BCUT2D eigenvalue weighted by Gasteiger charge is 2.22. The van der Waals surface area contributed by atoms with E-state index in [1.54, 1.807) is 6.07 Å². The van der Waals surface area contributed by atoms with Gasteiger partial charge in [-0.3, -0.25) is 4.79 Å². The van der Waals surface area contributed by atoms with Gasteiger partial charge in [0.25, 0.3) is 11.6 Å². The molecule has 5 rings (SSSR count). The van der Waals surface area contributed by atoms with Gasteiger partial charge in [0.15, 0.2) is 0 Å². The summed E-state index contributed by atoms with van der Waals surface area (Å²) in [4.78, 5) is 23.2. The number of hydrogen-bond acceptors (Lipinski definition) is 5. The fourth-order valence-electron chi connectivity index (χ4n) is 4.48. The second kappa shape index (κ2) is 8.67. The maximum absolute atomic E-state index is 13.4. The largest absolute Gasteiger partial charge is 0.378 e. The zero-order chi connectivity index (χ0) is 23.8. The highest BCUT2D eigenvalue weighted by molar-refractivity contribution is 6.06. The molecule has 3 heterocycles. The van der Waals surface area contributed by atoms with Crippen molar-refractivity contribution in [1.29, 1.82) is 0 Å². The molecule has 2 N–H and O–H groups in total. The Balaban J connectivity index is 1.50. The van der Waals surface area contributed by atoms with E-state index >= 15 is 0 Å². The molecule has 1 amide bonds. The second-order valence-electron chi connectivity index (χ2n) is 8.80. The lowest BCUT2D eigenvalue weighted by molar-refractivity contribution is 0.0954. The molecule has 0 aliphatic carbocycles. The molecule has 172 valence electrons. The Labute approximate surface area is 197 Å². The first-order valence-electron chi connectivity index (χ1n) is 11.3. The van der Waals surface area contributed by atoms with Crippen molar-refractivity contribution in [2.45, 2.75) is 19.8 Å². The maximum atomic E-state index is 13.4. The fraction of sp³-hybridized carbons (Fsp3) is 0.222. The summed E-state index contributed by atoms with van der Waals surface area (Å²) >= 11 is 0. The standard InChI is InChI=1S/C27H27N5O2/c1-16-13-21(25-17(2)31-34-27(25)30-16)26(33)29-14-22(18-9-11-19(12-10-18)32(3)4)23-15-28-24-8-6-5-7-20(23)24/h5-13,15,22,28H,14H2,1-4H3,(H,29,33). The number of pyridine rings is 1. The molecule has 0 fully saturated rings. The highest BCUT2D eigenvalue weighted by Crippen LogP contribution is 2.32.